The summed E-state index contributed by atoms with van der Waals surface area (Å²) in [4.78, 5) is 31.9. The van der Waals surface area contributed by atoms with Gasteiger partial charge in [-0.2, -0.15) is 0 Å². The van der Waals surface area contributed by atoms with Crippen LogP contribution in [0.5, 0.6) is 5.75 Å². The van der Waals surface area contributed by atoms with Crippen molar-refractivity contribution < 1.29 is 14.3 Å². The average Bonchev–Trinajstić information content (AvgIpc) is 3.25. The van der Waals surface area contributed by atoms with Crippen LogP contribution in [0.15, 0.2) is 61.3 Å². The minimum atomic E-state index is -0.232. The summed E-state index contributed by atoms with van der Waals surface area (Å²) in [5, 5.41) is 2.81. The van der Waals surface area contributed by atoms with Crippen LogP contribution < -0.4 is 10.1 Å². The first kappa shape index (κ1) is 18.3. The number of pyridine rings is 1. The number of amides is 1. The molecule has 7 heteroatoms. The predicted octanol–water partition coefficient (Wildman–Crippen LogP) is 2.56. The molecule has 138 valence electrons. The summed E-state index contributed by atoms with van der Waals surface area (Å²) in [5.74, 6) is 1.12. The lowest BCUT2D eigenvalue weighted by atomic mass is 10.1. The fourth-order valence-corrected chi connectivity index (χ4v) is 2.45. The maximum absolute atomic E-state index is 12.0. The zero-order valence-corrected chi connectivity index (χ0v) is 15.0. The van der Waals surface area contributed by atoms with Crippen molar-refractivity contribution >= 4 is 11.7 Å². The average molecular weight is 364 g/mol. The third-order valence-corrected chi connectivity index (χ3v) is 3.94. The first-order valence-corrected chi connectivity index (χ1v) is 8.61. The van der Waals surface area contributed by atoms with E-state index in [1.807, 2.05) is 19.1 Å². The monoisotopic (exact) mass is 364 g/mol. The molecule has 0 fully saturated rings. The topological polar surface area (TPSA) is 86.1 Å². The molecule has 0 aliphatic rings. The van der Waals surface area contributed by atoms with E-state index < -0.39 is 0 Å². The number of carbonyl (C=O) groups is 2. The van der Waals surface area contributed by atoms with Gasteiger partial charge in [0.1, 0.15) is 17.9 Å². The van der Waals surface area contributed by atoms with Gasteiger partial charge in [-0.1, -0.05) is 6.92 Å². The lowest BCUT2D eigenvalue weighted by Gasteiger charge is -2.09. The van der Waals surface area contributed by atoms with E-state index in [1.165, 1.54) is 0 Å². The van der Waals surface area contributed by atoms with E-state index >= 15 is 0 Å². The number of ether oxygens (including phenoxy) is 1. The molecule has 2 heterocycles. The van der Waals surface area contributed by atoms with Crippen molar-refractivity contribution in [3.05, 3.63) is 72.4 Å². The van der Waals surface area contributed by atoms with Crippen LogP contribution in [0.3, 0.4) is 0 Å². The second kappa shape index (κ2) is 8.75. The maximum atomic E-state index is 12.0. The Balaban J connectivity index is 1.49. The van der Waals surface area contributed by atoms with E-state index in [9.17, 15) is 9.59 Å². The summed E-state index contributed by atoms with van der Waals surface area (Å²) in [7, 11) is 0. The molecule has 27 heavy (non-hydrogen) atoms. The summed E-state index contributed by atoms with van der Waals surface area (Å²) in [5.41, 5.74) is 1.56. The lowest BCUT2D eigenvalue weighted by molar-refractivity contribution is -0.123. The second-order valence-electron chi connectivity index (χ2n) is 5.86. The van der Waals surface area contributed by atoms with Crippen LogP contribution in [0.2, 0.25) is 0 Å². The molecule has 2 aromatic heterocycles. The number of ketones is 1. The SMILES string of the molecule is CCC(=O)c1ccc(OCC(=O)NCc2ccnc(-n3ccnc3)c2)cc1. The highest BCUT2D eigenvalue weighted by Crippen LogP contribution is 2.13. The van der Waals surface area contributed by atoms with E-state index in [4.69, 9.17) is 4.74 Å². The summed E-state index contributed by atoms with van der Waals surface area (Å²) < 4.78 is 7.25. The molecule has 7 nitrogen and oxygen atoms in total. The molecule has 0 unspecified atom stereocenters. The summed E-state index contributed by atoms with van der Waals surface area (Å²) in [6.07, 6.45) is 7.29. The van der Waals surface area contributed by atoms with Gasteiger partial charge in [-0.05, 0) is 42.0 Å². The van der Waals surface area contributed by atoms with Crippen molar-refractivity contribution in [1.82, 2.24) is 19.9 Å². The zero-order valence-electron chi connectivity index (χ0n) is 15.0. The number of nitrogens with zero attached hydrogens (tertiary/aromatic N) is 3. The molecule has 0 saturated heterocycles. The van der Waals surface area contributed by atoms with Gasteiger partial charge in [0.05, 0.1) is 0 Å². The van der Waals surface area contributed by atoms with Gasteiger partial charge in [-0.15, -0.1) is 0 Å². The number of Topliss-reactive ketones (excluding diaryl/α,β-unsaturated/α-hetero) is 1. The van der Waals surface area contributed by atoms with Gasteiger partial charge in [0.15, 0.2) is 12.4 Å². The minimum Gasteiger partial charge on any atom is -0.484 e. The van der Waals surface area contributed by atoms with Crippen LogP contribution in [0, 0.1) is 0 Å². The predicted molar refractivity (Wildman–Crippen MR) is 99.8 cm³/mol. The van der Waals surface area contributed by atoms with E-state index in [0.717, 1.165) is 11.4 Å². The smallest absolute Gasteiger partial charge is 0.258 e. The molecular formula is C20H20N4O3. The fourth-order valence-electron chi connectivity index (χ4n) is 2.45. The van der Waals surface area contributed by atoms with Gasteiger partial charge in [-0.3, -0.25) is 14.2 Å². The van der Waals surface area contributed by atoms with Crippen LogP contribution in [0.25, 0.3) is 5.82 Å². The highest BCUT2D eigenvalue weighted by atomic mass is 16.5. The standard InChI is InChI=1S/C20H20N4O3/c1-2-18(25)16-3-5-17(6-4-16)27-13-20(26)23-12-15-7-8-22-19(11-15)24-10-9-21-14-24/h3-11,14H,2,12-13H2,1H3,(H,23,26). The molecule has 3 aromatic rings. The van der Waals surface area contributed by atoms with Crippen LogP contribution in [-0.4, -0.2) is 32.8 Å². The Bertz CT molecular complexity index is 905. The molecule has 0 radical (unpaired) electrons. The first-order valence-electron chi connectivity index (χ1n) is 8.61. The molecule has 3 rings (SSSR count). The molecule has 0 aliphatic heterocycles. The van der Waals surface area contributed by atoms with Gasteiger partial charge in [0, 0.05) is 37.1 Å². The van der Waals surface area contributed by atoms with Crippen LogP contribution >= 0.6 is 0 Å². The number of carbonyl (C=O) groups excluding carboxylic acids is 2. The number of hydrogen-bond acceptors (Lipinski definition) is 5. The first-order chi connectivity index (χ1) is 13.2. The van der Waals surface area contributed by atoms with Crippen molar-refractivity contribution in [3.63, 3.8) is 0 Å². The summed E-state index contributed by atoms with van der Waals surface area (Å²) in [6.45, 7) is 2.09. The number of imidazole rings is 1. The normalized spacial score (nSPS) is 10.4. The zero-order chi connectivity index (χ0) is 19.1. The van der Waals surface area contributed by atoms with Gasteiger partial charge in [0.2, 0.25) is 0 Å². The summed E-state index contributed by atoms with van der Waals surface area (Å²) >= 11 is 0. The van der Waals surface area contributed by atoms with E-state index in [0.29, 0.717) is 24.3 Å². The van der Waals surface area contributed by atoms with Crippen LogP contribution in [-0.2, 0) is 11.3 Å². The van der Waals surface area contributed by atoms with E-state index in [-0.39, 0.29) is 18.3 Å². The van der Waals surface area contributed by atoms with Crippen molar-refractivity contribution in [1.29, 1.82) is 0 Å². The van der Waals surface area contributed by atoms with Gasteiger partial charge in [0.25, 0.3) is 5.91 Å². The molecule has 0 spiro atoms. The Morgan fingerprint density at radius 2 is 1.96 bits per heavy atom. The quantitative estimate of drug-likeness (QED) is 0.621. The Kier molecular flexibility index (Phi) is 5.94. The van der Waals surface area contributed by atoms with Crippen molar-refractivity contribution in [2.24, 2.45) is 0 Å². The van der Waals surface area contributed by atoms with Crippen molar-refractivity contribution in [2.45, 2.75) is 19.9 Å². The largest absolute Gasteiger partial charge is 0.484 e. The lowest BCUT2D eigenvalue weighted by Crippen LogP contribution is -2.28. The number of aromatic nitrogens is 3. The molecule has 0 atom stereocenters. The van der Waals surface area contributed by atoms with Crippen LogP contribution in [0.1, 0.15) is 29.3 Å². The third-order valence-electron chi connectivity index (χ3n) is 3.94. The molecule has 0 saturated carbocycles. The minimum absolute atomic E-state index is 0.0757. The number of hydrogen-bond donors (Lipinski definition) is 1. The van der Waals surface area contributed by atoms with Gasteiger partial charge >= 0.3 is 0 Å². The summed E-state index contributed by atoms with van der Waals surface area (Å²) in [6, 6.07) is 10.5. The molecule has 1 N–H and O–H groups in total. The van der Waals surface area contributed by atoms with Crippen molar-refractivity contribution in [2.75, 3.05) is 6.61 Å². The number of benzene rings is 1. The Morgan fingerprint density at radius 3 is 2.67 bits per heavy atom. The Morgan fingerprint density at radius 1 is 1.15 bits per heavy atom. The Labute approximate surface area is 157 Å². The highest BCUT2D eigenvalue weighted by Gasteiger charge is 2.06. The van der Waals surface area contributed by atoms with Gasteiger partial charge < -0.3 is 10.1 Å². The molecular weight excluding hydrogens is 344 g/mol. The van der Waals surface area contributed by atoms with E-state index in [2.05, 4.69) is 15.3 Å². The molecule has 0 aliphatic carbocycles. The molecule has 1 aromatic carbocycles. The molecule has 0 bridgehead atoms. The number of nitrogens with one attached hydrogen (secondary N) is 1. The van der Waals surface area contributed by atoms with Gasteiger partial charge in [-0.25, -0.2) is 9.97 Å². The molecule has 1 amide bonds. The second-order valence-corrected chi connectivity index (χ2v) is 5.86. The third kappa shape index (κ3) is 5.01. The Hall–Kier alpha value is -3.48. The number of rotatable bonds is 8. The van der Waals surface area contributed by atoms with Crippen molar-refractivity contribution in [3.8, 4) is 11.6 Å². The highest BCUT2D eigenvalue weighted by molar-refractivity contribution is 5.95. The fraction of sp³-hybridized carbons (Fsp3) is 0.200. The van der Waals surface area contributed by atoms with E-state index in [1.54, 1.807) is 53.8 Å². The maximum Gasteiger partial charge on any atom is 0.258 e. The van der Waals surface area contributed by atoms with Crippen LogP contribution in [0.4, 0.5) is 0 Å².